The molecule has 0 bridgehead atoms. The number of hydrogen-bond acceptors (Lipinski definition) is 7. The number of imide groups is 1. The van der Waals surface area contributed by atoms with E-state index in [1.807, 2.05) is 6.07 Å². The van der Waals surface area contributed by atoms with E-state index in [-0.39, 0.29) is 11.3 Å². The zero-order valence-electron chi connectivity index (χ0n) is 17.4. The summed E-state index contributed by atoms with van der Waals surface area (Å²) in [6.07, 6.45) is 4.66. The van der Waals surface area contributed by atoms with Crippen LogP contribution in [0, 0.1) is 33.3 Å². The Morgan fingerprint density at radius 3 is 2.53 bits per heavy atom. The highest BCUT2D eigenvalue weighted by Gasteiger charge is 2.63. The van der Waals surface area contributed by atoms with Crippen molar-refractivity contribution in [3.63, 3.8) is 0 Å². The van der Waals surface area contributed by atoms with Crippen LogP contribution in [0.25, 0.3) is 0 Å². The van der Waals surface area contributed by atoms with Gasteiger partial charge < -0.3 is 4.90 Å². The van der Waals surface area contributed by atoms with Crippen LogP contribution in [0.3, 0.4) is 0 Å². The summed E-state index contributed by atoms with van der Waals surface area (Å²) in [5.74, 6) is -3.38. The topological polar surface area (TPSA) is 125 Å². The first-order chi connectivity index (χ1) is 16.3. The first-order valence-electron chi connectivity index (χ1n) is 10.3. The first kappa shape index (κ1) is 21.7. The van der Waals surface area contributed by atoms with Crippen LogP contribution < -0.4 is 4.90 Å². The van der Waals surface area contributed by atoms with Crippen LogP contribution in [0.15, 0.2) is 76.9 Å². The molecule has 2 aromatic rings. The molecule has 0 aromatic heterocycles. The van der Waals surface area contributed by atoms with E-state index < -0.39 is 46.4 Å². The quantitative estimate of drug-likeness (QED) is 0.263. The van der Waals surface area contributed by atoms with Crippen molar-refractivity contribution in [1.82, 2.24) is 4.90 Å². The number of benzene rings is 2. The van der Waals surface area contributed by atoms with Gasteiger partial charge in [-0.2, -0.15) is 5.26 Å². The molecule has 168 valence electrons. The summed E-state index contributed by atoms with van der Waals surface area (Å²) in [5.41, 5.74) is 0.526. The monoisotopic (exact) mass is 518 g/mol. The number of fused-ring (bicyclic) bond motifs is 3. The van der Waals surface area contributed by atoms with Gasteiger partial charge in [0.2, 0.25) is 11.8 Å². The number of nitro benzene ring substituents is 1. The highest BCUT2D eigenvalue weighted by Crippen LogP contribution is 2.47. The van der Waals surface area contributed by atoms with Crippen LogP contribution in [-0.2, 0) is 9.59 Å². The average Bonchev–Trinajstić information content (AvgIpc) is 3.30. The van der Waals surface area contributed by atoms with Gasteiger partial charge in [0, 0.05) is 28.4 Å². The van der Waals surface area contributed by atoms with Crippen molar-refractivity contribution < 1.29 is 19.3 Å². The number of Topliss-reactive ketones (excluding diaryl/α,β-unsaturated/α-hetero) is 1. The number of carbonyl (C=O) groups is 3. The molecule has 2 fully saturated rings. The molecular weight excluding hydrogens is 504 g/mol. The third kappa shape index (κ3) is 3.24. The number of anilines is 1. The number of ketones is 1. The van der Waals surface area contributed by atoms with Gasteiger partial charge in [-0.25, -0.2) is 4.90 Å². The number of nitrogens with zero attached hydrogens (tertiary/aromatic N) is 4. The van der Waals surface area contributed by atoms with E-state index in [0.717, 1.165) is 4.90 Å². The molecule has 2 aromatic carbocycles. The fourth-order valence-electron chi connectivity index (χ4n) is 4.93. The molecular formula is C24H15BrN4O5. The van der Waals surface area contributed by atoms with Gasteiger partial charge in [-0.1, -0.05) is 34.1 Å². The molecule has 2 saturated heterocycles. The van der Waals surface area contributed by atoms with E-state index in [9.17, 15) is 29.8 Å². The molecule has 0 radical (unpaired) electrons. The van der Waals surface area contributed by atoms with Crippen LogP contribution in [0.1, 0.15) is 10.4 Å². The maximum atomic E-state index is 13.6. The standard InChI is InChI=1S/C24H15BrN4O5/c25-15-4-2-5-16(11-15)28-23(31)19-18-9-13(12-26)7-8-27(18)21(20(19)24(28)32)22(30)14-3-1-6-17(10-14)29(33)34/h1-11,18-21H/t18-,19-,20-,21+/m1/s1. The Kier molecular flexibility index (Phi) is 5.14. The lowest BCUT2D eigenvalue weighted by Gasteiger charge is -2.32. The minimum atomic E-state index is -1.06. The van der Waals surface area contributed by atoms with Crippen molar-refractivity contribution in [2.45, 2.75) is 12.1 Å². The molecule has 0 aliphatic carbocycles. The van der Waals surface area contributed by atoms with Crippen LogP contribution in [0.2, 0.25) is 0 Å². The fourth-order valence-corrected chi connectivity index (χ4v) is 5.32. The summed E-state index contributed by atoms with van der Waals surface area (Å²) < 4.78 is 0.681. The largest absolute Gasteiger partial charge is 0.359 e. The second-order valence-electron chi connectivity index (χ2n) is 8.15. The number of nitriles is 1. The second kappa shape index (κ2) is 8.04. The number of rotatable bonds is 4. The minimum Gasteiger partial charge on any atom is -0.359 e. The van der Waals surface area contributed by atoms with Crippen LogP contribution in [0.5, 0.6) is 0 Å². The molecule has 4 atom stereocenters. The van der Waals surface area contributed by atoms with Gasteiger partial charge in [-0.05, 0) is 30.4 Å². The molecule has 0 N–H and O–H groups in total. The van der Waals surface area contributed by atoms with Gasteiger partial charge in [0.05, 0.1) is 40.1 Å². The Morgan fingerprint density at radius 2 is 1.82 bits per heavy atom. The Balaban J connectivity index is 1.61. The van der Waals surface area contributed by atoms with E-state index in [1.165, 1.54) is 30.3 Å². The highest BCUT2D eigenvalue weighted by atomic mass is 79.9. The van der Waals surface area contributed by atoms with Crippen molar-refractivity contribution >= 4 is 44.9 Å². The van der Waals surface area contributed by atoms with Crippen molar-refractivity contribution in [1.29, 1.82) is 5.26 Å². The van der Waals surface area contributed by atoms with Gasteiger partial charge in [0.25, 0.3) is 5.69 Å². The smallest absolute Gasteiger partial charge is 0.270 e. The number of nitro groups is 1. The van der Waals surface area contributed by atoms with Crippen LogP contribution >= 0.6 is 15.9 Å². The molecule has 34 heavy (non-hydrogen) atoms. The summed E-state index contributed by atoms with van der Waals surface area (Å²) in [7, 11) is 0. The number of allylic oxidation sites excluding steroid dienone is 2. The van der Waals surface area contributed by atoms with Crippen LogP contribution in [-0.4, -0.2) is 39.5 Å². The molecule has 10 heteroatoms. The number of hydrogen-bond donors (Lipinski definition) is 0. The highest BCUT2D eigenvalue weighted by molar-refractivity contribution is 9.10. The summed E-state index contributed by atoms with van der Waals surface area (Å²) in [5, 5.41) is 20.6. The van der Waals surface area contributed by atoms with E-state index in [4.69, 9.17) is 0 Å². The number of amides is 2. The van der Waals surface area contributed by atoms with E-state index in [1.54, 1.807) is 41.4 Å². The fraction of sp³-hybridized carbons (Fsp3) is 0.167. The van der Waals surface area contributed by atoms with Crippen molar-refractivity contribution in [2.75, 3.05) is 4.90 Å². The SMILES string of the molecule is N#CC1=C[C@@H]2[C@H]3C(=O)N(c4cccc(Br)c4)C(=O)[C@H]3[C@@H](C(=O)c3cccc([N+](=O)[O-])c3)N2C=C1. The molecule has 3 heterocycles. The van der Waals surface area contributed by atoms with Gasteiger partial charge >= 0.3 is 0 Å². The summed E-state index contributed by atoms with van der Waals surface area (Å²) in [6, 6.07) is 12.4. The molecule has 3 aliphatic heterocycles. The van der Waals surface area contributed by atoms with Crippen molar-refractivity contribution in [2.24, 2.45) is 11.8 Å². The predicted octanol–water partition coefficient (Wildman–Crippen LogP) is 3.38. The zero-order valence-corrected chi connectivity index (χ0v) is 19.0. The maximum Gasteiger partial charge on any atom is 0.270 e. The third-order valence-corrected chi connectivity index (χ3v) is 6.85. The lowest BCUT2D eigenvalue weighted by atomic mass is 9.86. The van der Waals surface area contributed by atoms with Crippen LogP contribution in [0.4, 0.5) is 11.4 Å². The summed E-state index contributed by atoms with van der Waals surface area (Å²) in [4.78, 5) is 54.1. The van der Waals surface area contributed by atoms with E-state index in [2.05, 4.69) is 15.9 Å². The third-order valence-electron chi connectivity index (χ3n) is 6.35. The number of halogens is 1. The number of non-ortho nitro benzene ring substituents is 1. The minimum absolute atomic E-state index is 0.0724. The lowest BCUT2D eigenvalue weighted by Crippen LogP contribution is -2.46. The Hall–Kier alpha value is -4.10. The van der Waals surface area contributed by atoms with Crippen molar-refractivity contribution in [3.8, 4) is 6.07 Å². The molecule has 0 saturated carbocycles. The Bertz CT molecular complexity index is 1380. The molecule has 2 amide bonds. The molecule has 0 spiro atoms. The number of carbonyl (C=O) groups excluding carboxylic acids is 3. The molecule has 5 rings (SSSR count). The Morgan fingerprint density at radius 1 is 1.09 bits per heavy atom. The molecule has 9 nitrogen and oxygen atoms in total. The summed E-state index contributed by atoms with van der Waals surface area (Å²) >= 11 is 3.35. The van der Waals surface area contributed by atoms with Gasteiger partial charge in [0.15, 0.2) is 5.78 Å². The van der Waals surface area contributed by atoms with Gasteiger partial charge in [-0.15, -0.1) is 0 Å². The first-order valence-corrected chi connectivity index (χ1v) is 11.1. The zero-order chi connectivity index (χ0) is 24.1. The lowest BCUT2D eigenvalue weighted by molar-refractivity contribution is -0.384. The predicted molar refractivity (Wildman–Crippen MR) is 123 cm³/mol. The van der Waals surface area contributed by atoms with Gasteiger partial charge in [0.1, 0.15) is 6.04 Å². The van der Waals surface area contributed by atoms with E-state index >= 15 is 0 Å². The summed E-state index contributed by atoms with van der Waals surface area (Å²) in [6.45, 7) is 0. The average molecular weight is 519 g/mol. The molecule has 0 unspecified atom stereocenters. The Labute approximate surface area is 201 Å². The van der Waals surface area contributed by atoms with Gasteiger partial charge in [-0.3, -0.25) is 24.5 Å². The normalized spacial score (nSPS) is 25.0. The maximum absolute atomic E-state index is 13.6. The van der Waals surface area contributed by atoms with E-state index in [0.29, 0.717) is 15.7 Å². The molecule has 3 aliphatic rings. The second-order valence-corrected chi connectivity index (χ2v) is 9.06. The van der Waals surface area contributed by atoms with Crippen molar-refractivity contribution in [3.05, 3.63) is 92.6 Å².